The number of rotatable bonds is 5. The predicted molar refractivity (Wildman–Crippen MR) is 152 cm³/mol. The topological polar surface area (TPSA) is 42.4 Å². The Kier molecular flexibility index (Phi) is 7.76. The van der Waals surface area contributed by atoms with E-state index in [0.29, 0.717) is 5.56 Å². The van der Waals surface area contributed by atoms with E-state index in [0.717, 1.165) is 70.3 Å². The van der Waals surface area contributed by atoms with Crippen LogP contribution in [-0.2, 0) is 17.0 Å². The largest absolute Gasteiger partial charge is 0.416 e. The maximum Gasteiger partial charge on any atom is 0.416 e. The summed E-state index contributed by atoms with van der Waals surface area (Å²) >= 11 is 2.34. The van der Waals surface area contributed by atoms with Crippen LogP contribution in [0.5, 0.6) is 0 Å². The van der Waals surface area contributed by atoms with E-state index < -0.39 is 26.2 Å². The van der Waals surface area contributed by atoms with Gasteiger partial charge in [-0.25, -0.2) is 0 Å². The normalized spacial score (nSPS) is 21.4. The van der Waals surface area contributed by atoms with E-state index in [1.807, 2.05) is 0 Å². The summed E-state index contributed by atoms with van der Waals surface area (Å²) in [6, 6.07) is 4.87. The number of hydrogen-bond donors (Lipinski definition) is 1. The lowest BCUT2D eigenvalue weighted by Gasteiger charge is -2.45. The Balaban J connectivity index is 1.85. The molecule has 0 aliphatic heterocycles. The molecule has 0 radical (unpaired) electrons. The average Bonchev–Trinajstić information content (AvgIpc) is 2.69. The van der Waals surface area contributed by atoms with Crippen LogP contribution in [0.3, 0.4) is 0 Å². The molecule has 1 fully saturated rings. The zero-order valence-corrected chi connectivity index (χ0v) is 26.0. The molecule has 0 bridgehead atoms. The van der Waals surface area contributed by atoms with E-state index in [2.05, 4.69) is 70.3 Å². The zero-order valence-electron chi connectivity index (χ0n) is 22.9. The van der Waals surface area contributed by atoms with Crippen molar-refractivity contribution >= 4 is 30.9 Å². The molecule has 1 saturated carbocycles. The summed E-state index contributed by atoms with van der Waals surface area (Å²) in [5.74, 6) is 0.266. The van der Waals surface area contributed by atoms with Crippen molar-refractivity contribution in [3.63, 3.8) is 0 Å². The summed E-state index contributed by atoms with van der Waals surface area (Å²) < 4.78 is 47.4. The number of fused-ring (bicyclic) bond motifs is 1. The number of hydrogen-bond acceptors (Lipinski definition) is 3. The molecule has 2 aliphatic carbocycles. The lowest BCUT2D eigenvalue weighted by atomic mass is 9.73. The quantitative estimate of drug-likeness (QED) is 0.261. The smallest absolute Gasteiger partial charge is 0.410 e. The second-order valence-corrected chi connectivity index (χ2v) is 19.0. The van der Waals surface area contributed by atoms with Gasteiger partial charge in [0, 0.05) is 26.3 Å². The molecule has 0 amide bonds. The van der Waals surface area contributed by atoms with Crippen molar-refractivity contribution in [3.05, 3.63) is 61.5 Å². The molecule has 37 heavy (non-hydrogen) atoms. The van der Waals surface area contributed by atoms with E-state index in [-0.39, 0.29) is 22.5 Å². The molecule has 1 heterocycles. The average molecular weight is 646 g/mol. The lowest BCUT2D eigenvalue weighted by molar-refractivity contribution is -0.137. The zero-order chi connectivity index (χ0) is 27.6. The molecule has 0 spiro atoms. The van der Waals surface area contributed by atoms with Crippen molar-refractivity contribution in [1.82, 2.24) is 4.98 Å². The number of aromatic nitrogens is 1. The van der Waals surface area contributed by atoms with Crippen molar-refractivity contribution in [2.24, 2.45) is 5.41 Å². The Morgan fingerprint density at radius 1 is 1.11 bits per heavy atom. The third-order valence-corrected chi connectivity index (χ3v) is 14.2. The molecular weight excluding hydrogens is 606 g/mol. The minimum absolute atomic E-state index is 0.0283. The number of aliphatic hydroxyl groups is 1. The van der Waals surface area contributed by atoms with Crippen LogP contribution in [0.1, 0.15) is 112 Å². The van der Waals surface area contributed by atoms with Gasteiger partial charge in [-0.15, -0.1) is 0 Å². The van der Waals surface area contributed by atoms with Gasteiger partial charge >= 0.3 is 6.18 Å². The van der Waals surface area contributed by atoms with Gasteiger partial charge < -0.3 is 9.53 Å². The van der Waals surface area contributed by atoms with Crippen molar-refractivity contribution in [3.8, 4) is 0 Å². The molecule has 2 unspecified atom stereocenters. The van der Waals surface area contributed by atoms with Crippen LogP contribution in [0.4, 0.5) is 13.2 Å². The van der Waals surface area contributed by atoms with Crippen LogP contribution in [0.15, 0.2) is 24.3 Å². The third-order valence-electron chi connectivity index (χ3n) is 8.58. The summed E-state index contributed by atoms with van der Waals surface area (Å²) in [5.41, 5.74) is 3.53. The first-order valence-electron chi connectivity index (χ1n) is 13.2. The van der Waals surface area contributed by atoms with Gasteiger partial charge in [0.1, 0.15) is 6.10 Å². The van der Waals surface area contributed by atoms with Crippen LogP contribution >= 0.6 is 22.6 Å². The van der Waals surface area contributed by atoms with Crippen LogP contribution in [0.25, 0.3) is 0 Å². The van der Waals surface area contributed by atoms with Crippen molar-refractivity contribution in [2.75, 3.05) is 0 Å². The Morgan fingerprint density at radius 2 is 1.70 bits per heavy atom. The van der Waals surface area contributed by atoms with E-state index in [4.69, 9.17) is 9.41 Å². The molecule has 204 valence electrons. The Labute approximate surface area is 233 Å². The second-order valence-electron chi connectivity index (χ2n) is 13.1. The van der Waals surface area contributed by atoms with Crippen molar-refractivity contribution in [1.29, 1.82) is 0 Å². The van der Waals surface area contributed by atoms with Gasteiger partial charge in [0.05, 0.1) is 17.4 Å². The fourth-order valence-corrected chi connectivity index (χ4v) is 7.64. The Hall–Kier alpha value is -0.973. The second kappa shape index (κ2) is 9.89. The van der Waals surface area contributed by atoms with Crippen LogP contribution < -0.4 is 0 Å². The molecular formula is C29H39F3INO2Si. The molecule has 3 nitrogen and oxygen atoms in total. The molecule has 4 rings (SSSR count). The molecule has 1 N–H and O–H groups in total. The highest BCUT2D eigenvalue weighted by Gasteiger charge is 2.45. The summed E-state index contributed by atoms with van der Waals surface area (Å²) in [7, 11) is -2.11. The van der Waals surface area contributed by atoms with Crippen molar-refractivity contribution in [2.45, 2.75) is 109 Å². The number of aliphatic hydroxyl groups excluding tert-OH is 1. The van der Waals surface area contributed by atoms with Gasteiger partial charge in [0.15, 0.2) is 8.32 Å². The molecule has 0 saturated heterocycles. The number of benzene rings is 1. The first-order valence-corrected chi connectivity index (χ1v) is 17.1. The number of nitrogens with zero attached hydrogens (tertiary/aromatic N) is 1. The minimum Gasteiger partial charge on any atom is -0.410 e. The van der Waals surface area contributed by atoms with Gasteiger partial charge in [-0.2, -0.15) is 13.2 Å². The molecule has 1 aromatic carbocycles. The Bertz CT molecular complexity index is 1150. The highest BCUT2D eigenvalue weighted by Crippen LogP contribution is 2.51. The minimum atomic E-state index is -4.41. The van der Waals surface area contributed by atoms with E-state index in [1.54, 1.807) is 0 Å². The predicted octanol–water partition coefficient (Wildman–Crippen LogP) is 9.09. The number of alkyl halides is 3. The fourth-order valence-electron chi connectivity index (χ4n) is 5.15. The standard InChI is InChI=1S/C29H39F3INO2Si/c1-27(2,3)37(6,7)36-21-16-28(4,5)15-20-22(21)24(33)23(25(34-20)17-9-8-10-17)26(35)18-11-13-19(14-12-18)29(30,31)32/h11-14,17,21,26,35H,8-10,15-16H2,1-7H3. The SMILES string of the molecule is CC1(C)Cc2nc(C3CCC3)c(C(O)c3ccc(C(F)(F)F)cc3)c(I)c2C(O[Si](C)(C)C(C)(C)C)C1. The van der Waals surface area contributed by atoms with Gasteiger partial charge in [0.25, 0.3) is 0 Å². The maximum atomic E-state index is 13.2. The van der Waals surface area contributed by atoms with E-state index in [1.165, 1.54) is 12.1 Å². The number of pyridine rings is 1. The highest BCUT2D eigenvalue weighted by molar-refractivity contribution is 14.1. The summed E-state index contributed by atoms with van der Waals surface area (Å²) in [6.07, 6.45) is -0.736. The molecule has 2 atom stereocenters. The highest BCUT2D eigenvalue weighted by atomic mass is 127. The molecule has 8 heteroatoms. The van der Waals surface area contributed by atoms with Crippen molar-refractivity contribution < 1.29 is 22.7 Å². The Morgan fingerprint density at radius 3 is 2.19 bits per heavy atom. The molecule has 2 aliphatic rings. The monoisotopic (exact) mass is 645 g/mol. The first-order chi connectivity index (χ1) is 16.9. The van der Waals surface area contributed by atoms with E-state index >= 15 is 0 Å². The number of halogens is 4. The van der Waals surface area contributed by atoms with Gasteiger partial charge in [0.2, 0.25) is 0 Å². The fraction of sp³-hybridized carbons (Fsp3) is 0.621. The maximum absolute atomic E-state index is 13.2. The van der Waals surface area contributed by atoms with Crippen LogP contribution in [0.2, 0.25) is 18.1 Å². The lowest BCUT2D eigenvalue weighted by Crippen LogP contribution is -2.44. The van der Waals surface area contributed by atoms with Gasteiger partial charge in [-0.1, -0.05) is 53.2 Å². The van der Waals surface area contributed by atoms with Gasteiger partial charge in [-0.3, -0.25) is 4.98 Å². The molecule has 2 aromatic rings. The molecule has 1 aromatic heterocycles. The first kappa shape index (κ1) is 29.0. The summed E-state index contributed by atoms with van der Waals surface area (Å²) in [6.45, 7) is 15.7. The van der Waals surface area contributed by atoms with Gasteiger partial charge in [-0.05, 0) is 89.5 Å². The summed E-state index contributed by atoms with van der Waals surface area (Å²) in [4.78, 5) is 5.23. The third kappa shape index (κ3) is 5.82. The van der Waals surface area contributed by atoms with Crippen LogP contribution in [0, 0.1) is 8.99 Å². The van der Waals surface area contributed by atoms with Crippen LogP contribution in [-0.4, -0.2) is 18.4 Å². The van der Waals surface area contributed by atoms with E-state index in [9.17, 15) is 18.3 Å². The summed E-state index contributed by atoms with van der Waals surface area (Å²) in [5, 5.41) is 11.7.